The number of amides is 1. The van der Waals surface area contributed by atoms with E-state index in [0.717, 1.165) is 0 Å². The fourth-order valence-electron chi connectivity index (χ4n) is 1.43. The zero-order valence-electron chi connectivity index (χ0n) is 9.42. The average Bonchev–Trinajstić information content (AvgIpc) is 2.75. The molecule has 94 valence electrons. The van der Waals surface area contributed by atoms with Crippen LogP contribution in [0.2, 0.25) is 0 Å². The third-order valence-electron chi connectivity index (χ3n) is 2.33. The normalized spacial score (nSPS) is 14.1. The van der Waals surface area contributed by atoms with Gasteiger partial charge in [0.15, 0.2) is 12.0 Å². The van der Waals surface area contributed by atoms with Crippen LogP contribution in [-0.4, -0.2) is 35.1 Å². The van der Waals surface area contributed by atoms with Crippen LogP contribution in [0.15, 0.2) is 16.7 Å². The van der Waals surface area contributed by atoms with E-state index in [2.05, 4.69) is 5.32 Å². The van der Waals surface area contributed by atoms with E-state index in [0.29, 0.717) is 6.29 Å². The fourth-order valence-corrected chi connectivity index (χ4v) is 1.43. The Labute approximate surface area is 98.2 Å². The molecule has 1 aromatic rings. The van der Waals surface area contributed by atoms with Crippen molar-refractivity contribution in [3.8, 4) is 0 Å². The summed E-state index contributed by atoms with van der Waals surface area (Å²) in [5.41, 5.74) is 0.246. The van der Waals surface area contributed by atoms with E-state index in [1.807, 2.05) is 0 Å². The van der Waals surface area contributed by atoms with E-state index in [9.17, 15) is 19.8 Å². The van der Waals surface area contributed by atoms with Crippen molar-refractivity contribution in [2.45, 2.75) is 25.6 Å². The van der Waals surface area contributed by atoms with Crippen molar-refractivity contribution in [3.63, 3.8) is 0 Å². The smallest absolute Gasteiger partial charge is 0.216 e. The fraction of sp³-hybridized carbons (Fsp3) is 0.455. The highest BCUT2D eigenvalue weighted by Crippen LogP contribution is 2.22. The highest BCUT2D eigenvalue weighted by molar-refractivity contribution is 5.73. The lowest BCUT2D eigenvalue weighted by atomic mass is 10.0. The van der Waals surface area contributed by atoms with Crippen LogP contribution in [0.25, 0.3) is 0 Å². The first-order valence-corrected chi connectivity index (χ1v) is 5.19. The lowest BCUT2D eigenvalue weighted by molar-refractivity contribution is -0.119. The summed E-state index contributed by atoms with van der Waals surface area (Å²) < 4.78 is 4.82. The Morgan fingerprint density at radius 2 is 2.29 bits per heavy atom. The number of nitrogens with one attached hydrogen (secondary N) is 1. The summed E-state index contributed by atoms with van der Waals surface area (Å²) in [5, 5.41) is 21.9. The number of aldehydes is 1. The second-order valence-corrected chi connectivity index (χ2v) is 3.64. The lowest BCUT2D eigenvalue weighted by Gasteiger charge is -2.17. The molecule has 3 N–H and O–H groups in total. The second-order valence-electron chi connectivity index (χ2n) is 3.64. The van der Waals surface area contributed by atoms with Crippen LogP contribution in [-0.2, 0) is 4.79 Å². The predicted octanol–water partition coefficient (Wildman–Crippen LogP) is 0.0126. The standard InChI is InChI=1S/C11H15NO5/c1-7(14)12-4-2-9(15)11(16)8-3-5-17-10(8)6-13/h3,5-6,9,11,15-16H,2,4H2,1H3,(H,12,14). The quantitative estimate of drug-likeness (QED) is 0.609. The Hall–Kier alpha value is -1.66. The molecule has 0 saturated heterocycles. The molecule has 1 rings (SSSR count). The molecule has 2 atom stereocenters. The monoisotopic (exact) mass is 241 g/mol. The highest BCUT2D eigenvalue weighted by atomic mass is 16.3. The van der Waals surface area contributed by atoms with Crippen LogP contribution in [0.5, 0.6) is 0 Å². The van der Waals surface area contributed by atoms with Gasteiger partial charge in [0, 0.05) is 19.0 Å². The van der Waals surface area contributed by atoms with Gasteiger partial charge < -0.3 is 19.9 Å². The first-order valence-electron chi connectivity index (χ1n) is 5.19. The summed E-state index contributed by atoms with van der Waals surface area (Å²) in [6.45, 7) is 1.62. The van der Waals surface area contributed by atoms with Crippen molar-refractivity contribution < 1.29 is 24.2 Å². The van der Waals surface area contributed by atoms with Crippen molar-refractivity contribution in [1.29, 1.82) is 0 Å². The summed E-state index contributed by atoms with van der Waals surface area (Å²) in [6.07, 6.45) is -0.354. The summed E-state index contributed by atoms with van der Waals surface area (Å²) in [6, 6.07) is 1.43. The molecular weight excluding hydrogens is 226 g/mol. The second kappa shape index (κ2) is 6.17. The van der Waals surface area contributed by atoms with Crippen LogP contribution in [0.1, 0.15) is 35.6 Å². The van der Waals surface area contributed by atoms with Crippen molar-refractivity contribution in [1.82, 2.24) is 5.32 Å². The highest BCUT2D eigenvalue weighted by Gasteiger charge is 2.22. The number of aliphatic hydroxyl groups is 2. The maximum atomic E-state index is 10.6. The predicted molar refractivity (Wildman–Crippen MR) is 58.4 cm³/mol. The van der Waals surface area contributed by atoms with Crippen LogP contribution in [0, 0.1) is 0 Å². The third kappa shape index (κ3) is 3.69. The summed E-state index contributed by atoms with van der Waals surface area (Å²) >= 11 is 0. The third-order valence-corrected chi connectivity index (χ3v) is 2.33. The van der Waals surface area contributed by atoms with Gasteiger partial charge in [-0.3, -0.25) is 9.59 Å². The minimum atomic E-state index is -1.21. The zero-order chi connectivity index (χ0) is 12.8. The van der Waals surface area contributed by atoms with E-state index < -0.39 is 12.2 Å². The van der Waals surface area contributed by atoms with Gasteiger partial charge in [0.25, 0.3) is 0 Å². The van der Waals surface area contributed by atoms with Gasteiger partial charge >= 0.3 is 0 Å². The van der Waals surface area contributed by atoms with Gasteiger partial charge in [-0.15, -0.1) is 0 Å². The Morgan fingerprint density at radius 1 is 1.59 bits per heavy atom. The Kier molecular flexibility index (Phi) is 4.86. The number of carbonyl (C=O) groups excluding carboxylic acids is 2. The van der Waals surface area contributed by atoms with Crippen LogP contribution < -0.4 is 5.32 Å². The van der Waals surface area contributed by atoms with Gasteiger partial charge in [-0.1, -0.05) is 0 Å². The summed E-state index contributed by atoms with van der Waals surface area (Å²) in [7, 11) is 0. The number of hydrogen-bond donors (Lipinski definition) is 3. The first-order chi connectivity index (χ1) is 8.06. The maximum Gasteiger partial charge on any atom is 0.216 e. The van der Waals surface area contributed by atoms with Gasteiger partial charge in [-0.25, -0.2) is 0 Å². The molecule has 17 heavy (non-hydrogen) atoms. The van der Waals surface area contributed by atoms with Gasteiger partial charge in [0.1, 0.15) is 6.10 Å². The van der Waals surface area contributed by atoms with Gasteiger partial charge in [-0.05, 0) is 12.5 Å². The summed E-state index contributed by atoms with van der Waals surface area (Å²) in [5.74, 6) is -0.209. The molecule has 1 heterocycles. The molecule has 2 unspecified atom stereocenters. The zero-order valence-corrected chi connectivity index (χ0v) is 9.42. The van der Waals surface area contributed by atoms with Crippen molar-refractivity contribution in [3.05, 3.63) is 23.7 Å². The molecule has 1 aromatic heterocycles. The van der Waals surface area contributed by atoms with Gasteiger partial charge in [-0.2, -0.15) is 0 Å². The van der Waals surface area contributed by atoms with Crippen molar-refractivity contribution in [2.24, 2.45) is 0 Å². The minimum absolute atomic E-state index is 0.00363. The van der Waals surface area contributed by atoms with Crippen LogP contribution in [0.4, 0.5) is 0 Å². The van der Waals surface area contributed by atoms with E-state index in [1.54, 1.807) is 0 Å². The number of carbonyl (C=O) groups is 2. The number of hydrogen-bond acceptors (Lipinski definition) is 5. The van der Waals surface area contributed by atoms with E-state index in [-0.39, 0.29) is 30.2 Å². The van der Waals surface area contributed by atoms with Crippen LogP contribution in [0.3, 0.4) is 0 Å². The number of aliphatic hydroxyl groups excluding tert-OH is 2. The van der Waals surface area contributed by atoms with E-state index in [1.165, 1.54) is 19.3 Å². The van der Waals surface area contributed by atoms with E-state index >= 15 is 0 Å². The minimum Gasteiger partial charge on any atom is -0.461 e. The Morgan fingerprint density at radius 3 is 2.88 bits per heavy atom. The first kappa shape index (κ1) is 13.4. The molecule has 1 amide bonds. The van der Waals surface area contributed by atoms with Gasteiger partial charge in [0.2, 0.25) is 5.91 Å². The van der Waals surface area contributed by atoms with Crippen molar-refractivity contribution in [2.75, 3.05) is 6.54 Å². The molecule has 0 aliphatic heterocycles. The molecule has 0 aliphatic carbocycles. The SMILES string of the molecule is CC(=O)NCCC(O)C(O)c1ccoc1C=O. The molecule has 0 saturated carbocycles. The Balaban J connectivity index is 2.54. The van der Waals surface area contributed by atoms with Crippen LogP contribution >= 0.6 is 0 Å². The molecule has 0 aromatic carbocycles. The van der Waals surface area contributed by atoms with Gasteiger partial charge in [0.05, 0.1) is 12.4 Å². The topological polar surface area (TPSA) is 99.8 Å². The summed E-state index contributed by atoms with van der Waals surface area (Å²) in [4.78, 5) is 21.2. The Bertz CT molecular complexity index is 387. The number of furan rings is 1. The molecule has 0 radical (unpaired) electrons. The molecular formula is C11H15NO5. The molecule has 0 aliphatic rings. The lowest BCUT2D eigenvalue weighted by Crippen LogP contribution is -2.27. The maximum absolute atomic E-state index is 10.6. The number of rotatable bonds is 6. The van der Waals surface area contributed by atoms with E-state index in [4.69, 9.17) is 4.42 Å². The molecule has 0 bridgehead atoms. The molecule has 6 nitrogen and oxygen atoms in total. The van der Waals surface area contributed by atoms with Crippen molar-refractivity contribution >= 4 is 12.2 Å². The molecule has 0 fully saturated rings. The average molecular weight is 241 g/mol. The molecule has 6 heteroatoms. The largest absolute Gasteiger partial charge is 0.461 e. The molecule has 0 spiro atoms.